The van der Waals surface area contributed by atoms with Gasteiger partial charge in [0.25, 0.3) is 5.91 Å². The Kier molecular flexibility index (Phi) is 6.04. The lowest BCUT2D eigenvalue weighted by molar-refractivity contribution is -0.921. The van der Waals surface area contributed by atoms with E-state index in [9.17, 15) is 4.79 Å². The molecule has 1 atom stereocenters. The Hall–Kier alpha value is -2.37. The predicted octanol–water partition coefficient (Wildman–Crippen LogP) is 1.51. The summed E-state index contributed by atoms with van der Waals surface area (Å²) in [5, 5.41) is 2.98. The van der Waals surface area contributed by atoms with Crippen molar-refractivity contribution in [3.63, 3.8) is 0 Å². The van der Waals surface area contributed by atoms with Gasteiger partial charge in [0.05, 0.1) is 13.2 Å². The first-order valence-electron chi connectivity index (χ1n) is 8.72. The number of hydrogen-bond acceptors (Lipinski definition) is 3. The maximum absolute atomic E-state index is 12.4. The molecule has 1 fully saturated rings. The topological polar surface area (TPSA) is 52.0 Å². The molecule has 0 unspecified atom stereocenters. The summed E-state index contributed by atoms with van der Waals surface area (Å²) in [5.74, 6) is 0.823. The summed E-state index contributed by atoms with van der Waals surface area (Å²) in [7, 11) is 0. The number of morpholine rings is 1. The monoisotopic (exact) mass is 341 g/mol. The number of nitrogens with one attached hydrogen (secondary N) is 2. The van der Waals surface area contributed by atoms with E-state index in [1.165, 1.54) is 4.90 Å². The molecule has 1 amide bonds. The fourth-order valence-electron chi connectivity index (χ4n) is 2.88. The second-order valence-electron chi connectivity index (χ2n) is 6.28. The zero-order chi connectivity index (χ0) is 17.5. The van der Waals surface area contributed by atoms with Crippen LogP contribution in [0.1, 0.15) is 12.5 Å². The van der Waals surface area contributed by atoms with Crippen LogP contribution in [0.5, 0.6) is 5.75 Å². The van der Waals surface area contributed by atoms with E-state index in [0.29, 0.717) is 6.61 Å². The average molecular weight is 341 g/mol. The molecule has 2 N–H and O–H groups in total. The van der Waals surface area contributed by atoms with Crippen molar-refractivity contribution in [1.29, 1.82) is 0 Å². The van der Waals surface area contributed by atoms with E-state index in [0.717, 1.165) is 43.3 Å². The van der Waals surface area contributed by atoms with E-state index in [1.54, 1.807) is 0 Å². The summed E-state index contributed by atoms with van der Waals surface area (Å²) < 4.78 is 11.1. The third-order valence-corrected chi connectivity index (χ3v) is 4.51. The Balaban J connectivity index is 1.50. The van der Waals surface area contributed by atoms with E-state index in [1.807, 2.05) is 61.5 Å². The van der Waals surface area contributed by atoms with Crippen LogP contribution < -0.4 is 15.0 Å². The molecule has 132 valence electrons. The van der Waals surface area contributed by atoms with Crippen LogP contribution in [0.4, 0.5) is 5.69 Å². The Labute approximate surface area is 148 Å². The first-order valence-corrected chi connectivity index (χ1v) is 8.72. The normalized spacial score (nSPS) is 16.2. The third kappa shape index (κ3) is 5.05. The first-order chi connectivity index (χ1) is 12.2. The summed E-state index contributed by atoms with van der Waals surface area (Å²) in [6.45, 7) is 5.69. The van der Waals surface area contributed by atoms with E-state index in [-0.39, 0.29) is 11.9 Å². The molecule has 2 aromatic carbocycles. The molecule has 1 heterocycles. The van der Waals surface area contributed by atoms with Gasteiger partial charge in [-0.2, -0.15) is 0 Å². The number of ether oxygens (including phenoxy) is 2. The van der Waals surface area contributed by atoms with Crippen LogP contribution in [0.15, 0.2) is 54.6 Å². The first kappa shape index (κ1) is 17.5. The maximum atomic E-state index is 12.4. The van der Waals surface area contributed by atoms with E-state index >= 15 is 0 Å². The van der Waals surface area contributed by atoms with E-state index < -0.39 is 0 Å². The van der Waals surface area contributed by atoms with Gasteiger partial charge in [-0.1, -0.05) is 30.3 Å². The molecule has 0 radical (unpaired) electrons. The molecule has 1 aliphatic rings. The van der Waals surface area contributed by atoms with E-state index in [2.05, 4.69) is 5.32 Å². The van der Waals surface area contributed by atoms with Crippen molar-refractivity contribution in [2.45, 2.75) is 19.6 Å². The van der Waals surface area contributed by atoms with Gasteiger partial charge in [0.15, 0.2) is 6.04 Å². The third-order valence-electron chi connectivity index (χ3n) is 4.51. The lowest BCUT2D eigenvalue weighted by atomic mass is 10.2. The van der Waals surface area contributed by atoms with E-state index in [4.69, 9.17) is 9.47 Å². The van der Waals surface area contributed by atoms with Crippen molar-refractivity contribution in [1.82, 2.24) is 0 Å². The average Bonchev–Trinajstić information content (AvgIpc) is 2.68. The van der Waals surface area contributed by atoms with Gasteiger partial charge in [-0.05, 0) is 36.8 Å². The number of benzene rings is 2. The highest BCUT2D eigenvalue weighted by Gasteiger charge is 2.26. The minimum absolute atomic E-state index is 0.0369. The Morgan fingerprint density at radius 1 is 1.12 bits per heavy atom. The molecule has 1 aliphatic heterocycles. The summed E-state index contributed by atoms with van der Waals surface area (Å²) in [6.07, 6.45) is 0. The lowest BCUT2D eigenvalue weighted by Crippen LogP contribution is -3.18. The second kappa shape index (κ2) is 8.65. The van der Waals surface area contributed by atoms with Gasteiger partial charge in [0.1, 0.15) is 25.4 Å². The molecule has 2 aromatic rings. The van der Waals surface area contributed by atoms with Crippen molar-refractivity contribution < 1.29 is 19.2 Å². The molecule has 5 heteroatoms. The van der Waals surface area contributed by atoms with Crippen molar-refractivity contribution in [2.24, 2.45) is 0 Å². The minimum Gasteiger partial charge on any atom is -0.489 e. The summed E-state index contributed by atoms with van der Waals surface area (Å²) in [6, 6.07) is 17.5. The number of quaternary nitrogens is 1. The van der Waals surface area contributed by atoms with Gasteiger partial charge < -0.3 is 19.7 Å². The highest BCUT2D eigenvalue weighted by molar-refractivity contribution is 5.93. The number of carbonyl (C=O) groups is 1. The van der Waals surface area contributed by atoms with Crippen LogP contribution in [-0.4, -0.2) is 38.3 Å². The number of anilines is 1. The van der Waals surface area contributed by atoms with Crippen LogP contribution >= 0.6 is 0 Å². The Morgan fingerprint density at radius 2 is 1.80 bits per heavy atom. The van der Waals surface area contributed by atoms with Crippen LogP contribution in [0, 0.1) is 0 Å². The highest BCUT2D eigenvalue weighted by atomic mass is 16.5. The van der Waals surface area contributed by atoms with Crippen LogP contribution in [0.3, 0.4) is 0 Å². The molecule has 0 aliphatic carbocycles. The smallest absolute Gasteiger partial charge is 0.282 e. The van der Waals surface area contributed by atoms with Crippen molar-refractivity contribution >= 4 is 11.6 Å². The summed E-state index contributed by atoms with van der Waals surface area (Å²) in [4.78, 5) is 13.7. The Bertz CT molecular complexity index is 667. The number of carbonyl (C=O) groups excluding carboxylic acids is 1. The van der Waals surface area contributed by atoms with Gasteiger partial charge in [-0.25, -0.2) is 0 Å². The van der Waals surface area contributed by atoms with Crippen molar-refractivity contribution in [3.05, 3.63) is 60.2 Å². The van der Waals surface area contributed by atoms with Gasteiger partial charge in [0, 0.05) is 5.69 Å². The molecule has 0 saturated carbocycles. The van der Waals surface area contributed by atoms with Crippen LogP contribution in [0.25, 0.3) is 0 Å². The number of amides is 1. The molecular formula is C20H25N2O3+. The Morgan fingerprint density at radius 3 is 2.48 bits per heavy atom. The molecule has 1 saturated heterocycles. The molecule has 25 heavy (non-hydrogen) atoms. The quantitative estimate of drug-likeness (QED) is 0.837. The molecule has 0 aromatic heterocycles. The largest absolute Gasteiger partial charge is 0.489 e. The molecule has 0 bridgehead atoms. The molecular weight excluding hydrogens is 316 g/mol. The summed E-state index contributed by atoms with van der Waals surface area (Å²) in [5.41, 5.74) is 1.92. The zero-order valence-corrected chi connectivity index (χ0v) is 14.5. The van der Waals surface area contributed by atoms with Crippen molar-refractivity contribution in [2.75, 3.05) is 31.6 Å². The molecule has 3 rings (SSSR count). The fraction of sp³-hybridized carbons (Fsp3) is 0.350. The number of rotatable bonds is 6. The standard InChI is InChI=1S/C20H24N2O3/c1-16(22-11-13-24-14-12-22)20(23)21-18-7-9-19(10-8-18)25-15-17-5-3-2-4-6-17/h2-10,16H,11-15H2,1H3,(H,21,23)/p+1/t16-/m1/s1. The van der Waals surface area contributed by atoms with Crippen LogP contribution in [0.2, 0.25) is 0 Å². The zero-order valence-electron chi connectivity index (χ0n) is 14.5. The summed E-state index contributed by atoms with van der Waals surface area (Å²) >= 11 is 0. The lowest BCUT2D eigenvalue weighted by Gasteiger charge is -2.28. The predicted molar refractivity (Wildman–Crippen MR) is 96.8 cm³/mol. The molecule has 0 spiro atoms. The fourth-order valence-corrected chi connectivity index (χ4v) is 2.88. The minimum atomic E-state index is -0.0853. The van der Waals surface area contributed by atoms with Crippen LogP contribution in [-0.2, 0) is 16.1 Å². The van der Waals surface area contributed by atoms with Gasteiger partial charge >= 0.3 is 0 Å². The van der Waals surface area contributed by atoms with Gasteiger partial charge in [-0.3, -0.25) is 4.79 Å². The molecule has 5 nitrogen and oxygen atoms in total. The van der Waals surface area contributed by atoms with Crippen molar-refractivity contribution in [3.8, 4) is 5.75 Å². The SMILES string of the molecule is C[C@H](C(=O)Nc1ccc(OCc2ccccc2)cc1)[NH+]1CCOCC1. The second-order valence-corrected chi connectivity index (χ2v) is 6.28. The maximum Gasteiger partial charge on any atom is 0.282 e. The number of hydrogen-bond donors (Lipinski definition) is 2. The highest BCUT2D eigenvalue weighted by Crippen LogP contribution is 2.17. The van der Waals surface area contributed by atoms with Gasteiger partial charge in [0.2, 0.25) is 0 Å². The van der Waals surface area contributed by atoms with Gasteiger partial charge in [-0.15, -0.1) is 0 Å².